The lowest BCUT2D eigenvalue weighted by atomic mass is 10.2. The number of nitrogens with one attached hydrogen (secondary N) is 1. The number of aromatic nitrogens is 3. The van der Waals surface area contributed by atoms with Crippen LogP contribution in [0.5, 0.6) is 0 Å². The second kappa shape index (κ2) is 7.47. The van der Waals surface area contributed by atoms with Crippen molar-refractivity contribution < 1.29 is 13.6 Å². The van der Waals surface area contributed by atoms with E-state index in [1.807, 2.05) is 30.6 Å². The molecule has 4 aromatic rings. The Bertz CT molecular complexity index is 1170. The molecular weight excluding hydrogens is 382 g/mol. The molecule has 0 radical (unpaired) electrons. The maximum Gasteiger partial charge on any atom is 0.230 e. The smallest absolute Gasteiger partial charge is 0.230 e. The van der Waals surface area contributed by atoms with Crippen molar-refractivity contribution in [1.82, 2.24) is 14.5 Å². The average Bonchev–Trinajstić information content (AvgIpc) is 3.29. The Labute approximate surface area is 163 Å². The van der Waals surface area contributed by atoms with Gasteiger partial charge in [0.2, 0.25) is 5.91 Å². The molecule has 4 rings (SSSR count). The number of amides is 1. The summed E-state index contributed by atoms with van der Waals surface area (Å²) >= 11 is 1.45. The maximum absolute atomic E-state index is 13.3. The van der Waals surface area contributed by atoms with Crippen molar-refractivity contribution in [2.75, 3.05) is 5.32 Å². The molecule has 3 heterocycles. The number of carbonyl (C=O) groups is 1. The molecule has 0 saturated carbocycles. The van der Waals surface area contributed by atoms with Gasteiger partial charge >= 0.3 is 0 Å². The van der Waals surface area contributed by atoms with Gasteiger partial charge in [-0.1, -0.05) is 0 Å². The van der Waals surface area contributed by atoms with Gasteiger partial charge in [-0.15, -0.1) is 11.3 Å². The highest BCUT2D eigenvalue weighted by atomic mass is 32.1. The number of halogens is 2. The molecule has 3 aromatic heterocycles. The number of hydrogen-bond acceptors (Lipinski definition) is 4. The molecule has 0 saturated heterocycles. The fourth-order valence-electron chi connectivity index (χ4n) is 2.99. The fourth-order valence-corrected chi connectivity index (χ4v) is 3.83. The fraction of sp³-hybridized carbons (Fsp3) is 0.150. The molecule has 5 nitrogen and oxygen atoms in total. The second-order valence-corrected chi connectivity index (χ2v) is 7.06. The summed E-state index contributed by atoms with van der Waals surface area (Å²) in [6.45, 7) is 2.84. The summed E-state index contributed by atoms with van der Waals surface area (Å²) in [5.74, 6) is -2.31. The van der Waals surface area contributed by atoms with E-state index >= 15 is 0 Å². The van der Waals surface area contributed by atoms with Crippen molar-refractivity contribution in [3.8, 4) is 10.6 Å². The van der Waals surface area contributed by atoms with Gasteiger partial charge in [0.1, 0.15) is 10.7 Å². The Hall–Kier alpha value is -3.13. The van der Waals surface area contributed by atoms with Gasteiger partial charge in [-0.05, 0) is 31.2 Å². The number of aryl methyl sites for hydroxylation is 1. The van der Waals surface area contributed by atoms with Crippen molar-refractivity contribution in [2.45, 2.75) is 19.9 Å². The van der Waals surface area contributed by atoms with Crippen LogP contribution in [0.2, 0.25) is 0 Å². The number of nitrogens with zero attached hydrogens (tertiary/aromatic N) is 3. The Kier molecular flexibility index (Phi) is 4.87. The van der Waals surface area contributed by atoms with Crippen molar-refractivity contribution in [3.05, 3.63) is 65.4 Å². The average molecular weight is 398 g/mol. The highest BCUT2D eigenvalue weighted by Gasteiger charge is 2.15. The summed E-state index contributed by atoms with van der Waals surface area (Å²) in [5, 5.41) is 6.20. The van der Waals surface area contributed by atoms with Crippen LogP contribution < -0.4 is 5.32 Å². The van der Waals surface area contributed by atoms with Gasteiger partial charge in [0.15, 0.2) is 11.6 Å². The molecule has 142 valence electrons. The Morgan fingerprint density at radius 3 is 2.89 bits per heavy atom. The lowest BCUT2D eigenvalue weighted by Gasteiger charge is -2.04. The molecule has 0 fully saturated rings. The topological polar surface area (TPSA) is 59.8 Å². The van der Waals surface area contributed by atoms with Crippen LogP contribution in [0.4, 0.5) is 14.5 Å². The maximum atomic E-state index is 13.3. The van der Waals surface area contributed by atoms with Gasteiger partial charge in [-0.3, -0.25) is 4.79 Å². The minimum absolute atomic E-state index is 0.0418. The zero-order chi connectivity index (χ0) is 19.7. The minimum atomic E-state index is -1.00. The molecule has 0 atom stereocenters. The molecule has 28 heavy (non-hydrogen) atoms. The van der Waals surface area contributed by atoms with E-state index in [2.05, 4.69) is 19.9 Å². The normalized spacial score (nSPS) is 11.1. The van der Waals surface area contributed by atoms with Crippen molar-refractivity contribution in [2.24, 2.45) is 0 Å². The van der Waals surface area contributed by atoms with Gasteiger partial charge in [0, 0.05) is 47.0 Å². The van der Waals surface area contributed by atoms with Crippen LogP contribution in [0.3, 0.4) is 0 Å². The van der Waals surface area contributed by atoms with E-state index in [1.165, 1.54) is 17.4 Å². The third kappa shape index (κ3) is 3.50. The number of pyridine rings is 1. The third-order valence-electron chi connectivity index (χ3n) is 4.30. The lowest BCUT2D eigenvalue weighted by molar-refractivity contribution is -0.115. The quantitative estimate of drug-likeness (QED) is 0.533. The summed E-state index contributed by atoms with van der Waals surface area (Å²) in [4.78, 5) is 21.2. The van der Waals surface area contributed by atoms with Crippen molar-refractivity contribution in [1.29, 1.82) is 0 Å². The summed E-state index contributed by atoms with van der Waals surface area (Å²) in [6.07, 6.45) is 3.82. The summed E-state index contributed by atoms with van der Waals surface area (Å²) < 4.78 is 28.3. The van der Waals surface area contributed by atoms with E-state index in [-0.39, 0.29) is 18.0 Å². The van der Waals surface area contributed by atoms with Crippen molar-refractivity contribution >= 4 is 34.0 Å². The molecule has 1 aromatic carbocycles. The first-order valence-electron chi connectivity index (χ1n) is 8.68. The lowest BCUT2D eigenvalue weighted by Crippen LogP contribution is -2.14. The third-order valence-corrected chi connectivity index (χ3v) is 5.23. The number of benzene rings is 1. The molecule has 1 amide bonds. The summed E-state index contributed by atoms with van der Waals surface area (Å²) in [5.41, 5.74) is 2.69. The SMILES string of the molecule is CCn1cc(-c2nc(CC(=O)Nc3ccc(F)c(F)c3)cs2)c2cccnc21. The number of rotatable bonds is 5. The standard InChI is InChI=1S/C20H16F2N4OS/c1-2-26-10-15(14-4-3-7-23-19(14)26)20-25-13(11-28-20)9-18(27)24-12-5-6-16(21)17(22)8-12/h3-8,10-11H,2,9H2,1H3,(H,24,27). The molecule has 0 unspecified atom stereocenters. The largest absolute Gasteiger partial charge is 0.332 e. The van der Waals surface area contributed by atoms with Crippen LogP contribution in [-0.4, -0.2) is 20.4 Å². The molecule has 0 spiro atoms. The van der Waals surface area contributed by atoms with E-state index in [9.17, 15) is 13.6 Å². The Morgan fingerprint density at radius 2 is 2.11 bits per heavy atom. The van der Waals surface area contributed by atoms with Gasteiger partial charge in [0.05, 0.1) is 12.1 Å². The van der Waals surface area contributed by atoms with Gasteiger partial charge in [-0.25, -0.2) is 18.7 Å². The molecule has 0 aliphatic heterocycles. The van der Waals surface area contributed by atoms with Crippen LogP contribution in [0.1, 0.15) is 12.6 Å². The molecule has 1 N–H and O–H groups in total. The summed E-state index contributed by atoms with van der Waals surface area (Å²) in [7, 11) is 0. The van der Waals surface area contributed by atoms with Gasteiger partial charge < -0.3 is 9.88 Å². The van der Waals surface area contributed by atoms with Crippen LogP contribution >= 0.6 is 11.3 Å². The molecule has 8 heteroatoms. The molecular formula is C20H16F2N4OS. The number of fused-ring (bicyclic) bond motifs is 1. The summed E-state index contributed by atoms with van der Waals surface area (Å²) in [6, 6.07) is 7.13. The number of thiazole rings is 1. The second-order valence-electron chi connectivity index (χ2n) is 6.20. The van der Waals surface area contributed by atoms with E-state index in [0.717, 1.165) is 40.3 Å². The first-order valence-corrected chi connectivity index (χ1v) is 9.56. The van der Waals surface area contributed by atoms with E-state index in [4.69, 9.17) is 0 Å². The van der Waals surface area contributed by atoms with E-state index < -0.39 is 11.6 Å². The van der Waals surface area contributed by atoms with Crippen LogP contribution in [0.25, 0.3) is 21.6 Å². The van der Waals surface area contributed by atoms with Crippen LogP contribution in [-0.2, 0) is 17.8 Å². The first kappa shape index (κ1) is 18.2. The zero-order valence-corrected chi connectivity index (χ0v) is 15.8. The van der Waals surface area contributed by atoms with Gasteiger partial charge in [0.25, 0.3) is 0 Å². The highest BCUT2D eigenvalue weighted by molar-refractivity contribution is 7.13. The minimum Gasteiger partial charge on any atom is -0.332 e. The van der Waals surface area contributed by atoms with Crippen LogP contribution in [0, 0.1) is 11.6 Å². The van der Waals surface area contributed by atoms with E-state index in [1.54, 1.807) is 6.20 Å². The Morgan fingerprint density at radius 1 is 1.25 bits per heavy atom. The molecule has 0 bridgehead atoms. The predicted molar refractivity (Wildman–Crippen MR) is 105 cm³/mol. The van der Waals surface area contributed by atoms with Gasteiger partial charge in [-0.2, -0.15) is 0 Å². The Balaban J connectivity index is 1.53. The number of carbonyl (C=O) groups excluding carboxylic acids is 1. The number of anilines is 1. The van der Waals surface area contributed by atoms with Crippen LogP contribution in [0.15, 0.2) is 48.1 Å². The number of hydrogen-bond donors (Lipinski definition) is 1. The highest BCUT2D eigenvalue weighted by Crippen LogP contribution is 2.32. The zero-order valence-electron chi connectivity index (χ0n) is 14.9. The predicted octanol–water partition coefficient (Wildman–Crippen LogP) is 4.64. The monoisotopic (exact) mass is 398 g/mol. The molecule has 0 aliphatic rings. The van der Waals surface area contributed by atoms with E-state index in [0.29, 0.717) is 5.69 Å². The molecule has 0 aliphatic carbocycles. The first-order chi connectivity index (χ1) is 13.5. The van der Waals surface area contributed by atoms with Crippen molar-refractivity contribution in [3.63, 3.8) is 0 Å².